The molecule has 0 unspecified atom stereocenters. The first-order chi connectivity index (χ1) is 10.4. The molecule has 1 amide bonds. The van der Waals surface area contributed by atoms with E-state index in [1.54, 1.807) is 0 Å². The number of carboxylic acid groups (broad SMARTS) is 1. The summed E-state index contributed by atoms with van der Waals surface area (Å²) in [5.74, 6) is -1.50. The fourth-order valence-corrected chi connectivity index (χ4v) is 3.51. The number of carbonyl (C=O) groups excluding carboxylic acids is 1. The van der Waals surface area contributed by atoms with E-state index in [0.29, 0.717) is 13.0 Å². The molecule has 120 valence electrons. The number of likely N-dealkylation sites (tertiary alicyclic amines) is 1. The van der Waals surface area contributed by atoms with Crippen molar-refractivity contribution in [3.8, 4) is 0 Å². The van der Waals surface area contributed by atoms with E-state index < -0.39 is 27.8 Å². The zero-order valence-corrected chi connectivity index (χ0v) is 13.2. The van der Waals surface area contributed by atoms with E-state index in [9.17, 15) is 23.1 Å². The Morgan fingerprint density at radius 1 is 1.32 bits per heavy atom. The van der Waals surface area contributed by atoms with Crippen LogP contribution in [0.2, 0.25) is 0 Å². The van der Waals surface area contributed by atoms with Gasteiger partial charge in [-0.15, -0.1) is 0 Å². The minimum absolute atomic E-state index is 0.0495. The third kappa shape index (κ3) is 3.30. The maximum atomic E-state index is 12.5. The highest BCUT2D eigenvalue weighted by atomic mass is 32.2. The molecule has 1 fully saturated rings. The molecule has 22 heavy (non-hydrogen) atoms. The molecule has 0 saturated carbocycles. The molecule has 0 radical (unpaired) electrons. The topological polar surface area (TPSA) is 91.8 Å². The SMILES string of the molecule is CCS(=O)(=O)c1cccc(C(=O)N2CCCC[C@@H]2C(=O)O)c1. The van der Waals surface area contributed by atoms with Crippen molar-refractivity contribution in [1.82, 2.24) is 4.90 Å². The highest BCUT2D eigenvalue weighted by Gasteiger charge is 2.32. The van der Waals surface area contributed by atoms with Gasteiger partial charge in [0, 0.05) is 12.1 Å². The van der Waals surface area contributed by atoms with Crippen LogP contribution >= 0.6 is 0 Å². The van der Waals surface area contributed by atoms with E-state index in [-0.39, 0.29) is 16.2 Å². The maximum Gasteiger partial charge on any atom is 0.326 e. The molecular formula is C15H19NO5S. The Balaban J connectivity index is 2.33. The Bertz CT molecular complexity index is 683. The minimum atomic E-state index is -3.40. The second kappa shape index (κ2) is 6.48. The van der Waals surface area contributed by atoms with Gasteiger partial charge < -0.3 is 10.0 Å². The lowest BCUT2D eigenvalue weighted by Gasteiger charge is -2.33. The maximum absolute atomic E-state index is 12.5. The van der Waals surface area contributed by atoms with Gasteiger partial charge in [0.1, 0.15) is 6.04 Å². The number of hydrogen-bond acceptors (Lipinski definition) is 4. The molecule has 1 aromatic rings. The number of sulfone groups is 1. The van der Waals surface area contributed by atoms with Crippen LogP contribution in [0.5, 0.6) is 0 Å². The first-order valence-corrected chi connectivity index (χ1v) is 8.88. The summed E-state index contributed by atoms with van der Waals surface area (Å²) >= 11 is 0. The summed E-state index contributed by atoms with van der Waals surface area (Å²) in [6, 6.07) is 4.96. The zero-order chi connectivity index (χ0) is 16.3. The van der Waals surface area contributed by atoms with Gasteiger partial charge in [0.05, 0.1) is 10.6 Å². The number of hydrogen-bond donors (Lipinski definition) is 1. The van der Waals surface area contributed by atoms with Crippen LogP contribution in [0.15, 0.2) is 29.2 Å². The third-order valence-corrected chi connectivity index (χ3v) is 5.60. The lowest BCUT2D eigenvalue weighted by molar-refractivity contribution is -0.143. The van der Waals surface area contributed by atoms with E-state index in [0.717, 1.165) is 12.8 Å². The molecule has 1 heterocycles. The monoisotopic (exact) mass is 325 g/mol. The van der Waals surface area contributed by atoms with E-state index in [1.807, 2.05) is 0 Å². The fraction of sp³-hybridized carbons (Fsp3) is 0.467. The molecule has 0 spiro atoms. The van der Waals surface area contributed by atoms with Crippen LogP contribution in [-0.2, 0) is 14.6 Å². The quantitative estimate of drug-likeness (QED) is 0.907. The number of amides is 1. The highest BCUT2D eigenvalue weighted by Crippen LogP contribution is 2.21. The van der Waals surface area contributed by atoms with Crippen molar-refractivity contribution in [3.05, 3.63) is 29.8 Å². The van der Waals surface area contributed by atoms with Crippen LogP contribution < -0.4 is 0 Å². The number of carbonyl (C=O) groups is 2. The second-order valence-electron chi connectivity index (χ2n) is 5.28. The van der Waals surface area contributed by atoms with E-state index in [1.165, 1.54) is 36.1 Å². The average molecular weight is 325 g/mol. The Morgan fingerprint density at radius 2 is 2.05 bits per heavy atom. The van der Waals surface area contributed by atoms with Crippen LogP contribution in [0, 0.1) is 0 Å². The Hall–Kier alpha value is -1.89. The molecule has 1 N–H and O–H groups in total. The van der Waals surface area contributed by atoms with Crippen LogP contribution in [0.3, 0.4) is 0 Å². The van der Waals surface area contributed by atoms with Crippen LogP contribution in [0.4, 0.5) is 0 Å². The number of aliphatic carboxylic acids is 1. The van der Waals surface area contributed by atoms with Crippen molar-refractivity contribution < 1.29 is 23.1 Å². The molecule has 0 aromatic heterocycles. The molecule has 1 atom stereocenters. The van der Waals surface area contributed by atoms with Crippen molar-refractivity contribution in [3.63, 3.8) is 0 Å². The number of benzene rings is 1. The van der Waals surface area contributed by atoms with Crippen molar-refractivity contribution in [2.75, 3.05) is 12.3 Å². The molecule has 0 bridgehead atoms. The lowest BCUT2D eigenvalue weighted by atomic mass is 10.0. The van der Waals surface area contributed by atoms with Gasteiger partial charge in [0.2, 0.25) is 0 Å². The molecule has 0 aliphatic carbocycles. The first-order valence-electron chi connectivity index (χ1n) is 7.23. The zero-order valence-electron chi connectivity index (χ0n) is 12.4. The fourth-order valence-electron chi connectivity index (χ4n) is 2.59. The van der Waals surface area contributed by atoms with Gasteiger partial charge in [0.25, 0.3) is 5.91 Å². The molecule has 1 saturated heterocycles. The molecule has 7 heteroatoms. The first kappa shape index (κ1) is 16.5. The number of nitrogens with zero attached hydrogens (tertiary/aromatic N) is 1. The van der Waals surface area contributed by atoms with Crippen molar-refractivity contribution in [1.29, 1.82) is 0 Å². The van der Waals surface area contributed by atoms with E-state index >= 15 is 0 Å². The molecule has 2 rings (SSSR count). The summed E-state index contributed by atoms with van der Waals surface area (Å²) in [6.07, 6.45) is 1.95. The summed E-state index contributed by atoms with van der Waals surface area (Å²) in [5, 5.41) is 9.24. The van der Waals surface area contributed by atoms with Crippen LogP contribution in [0.25, 0.3) is 0 Å². The van der Waals surface area contributed by atoms with Gasteiger partial charge in [0.15, 0.2) is 9.84 Å². The van der Waals surface area contributed by atoms with Crippen molar-refractivity contribution in [2.24, 2.45) is 0 Å². The lowest BCUT2D eigenvalue weighted by Crippen LogP contribution is -2.48. The summed E-state index contributed by atoms with van der Waals surface area (Å²) in [6.45, 7) is 1.91. The Kier molecular flexibility index (Phi) is 4.85. The molecule has 6 nitrogen and oxygen atoms in total. The third-order valence-electron chi connectivity index (χ3n) is 3.87. The Labute approximate surface area is 129 Å². The largest absolute Gasteiger partial charge is 0.480 e. The molecule has 1 aromatic carbocycles. The Morgan fingerprint density at radius 3 is 2.68 bits per heavy atom. The highest BCUT2D eigenvalue weighted by molar-refractivity contribution is 7.91. The minimum Gasteiger partial charge on any atom is -0.480 e. The molecule has 1 aliphatic heterocycles. The predicted octanol–water partition coefficient (Wildman–Crippen LogP) is 1.56. The van der Waals surface area contributed by atoms with E-state index in [2.05, 4.69) is 0 Å². The normalized spacial score (nSPS) is 19.0. The summed E-state index contributed by atoms with van der Waals surface area (Å²) in [5.41, 5.74) is 0.211. The van der Waals surface area contributed by atoms with E-state index in [4.69, 9.17) is 0 Å². The number of carboxylic acids is 1. The van der Waals surface area contributed by atoms with Crippen molar-refractivity contribution >= 4 is 21.7 Å². The smallest absolute Gasteiger partial charge is 0.326 e. The summed E-state index contributed by atoms with van der Waals surface area (Å²) < 4.78 is 23.8. The molecular weight excluding hydrogens is 306 g/mol. The van der Waals surface area contributed by atoms with Gasteiger partial charge in [-0.2, -0.15) is 0 Å². The second-order valence-corrected chi connectivity index (χ2v) is 7.56. The number of rotatable bonds is 4. The van der Waals surface area contributed by atoms with Gasteiger partial charge in [-0.1, -0.05) is 13.0 Å². The van der Waals surface area contributed by atoms with Gasteiger partial charge in [-0.05, 0) is 37.5 Å². The van der Waals surface area contributed by atoms with Gasteiger partial charge in [-0.3, -0.25) is 4.79 Å². The van der Waals surface area contributed by atoms with Crippen molar-refractivity contribution in [2.45, 2.75) is 37.1 Å². The van der Waals surface area contributed by atoms with Crippen LogP contribution in [-0.4, -0.2) is 48.6 Å². The standard InChI is InChI=1S/C15H19NO5S/c1-2-22(20,21)12-7-5-6-11(10-12)14(17)16-9-4-3-8-13(16)15(18)19/h5-7,10,13H,2-4,8-9H2,1H3,(H,18,19)/t13-/m1/s1. The van der Waals surface area contributed by atoms with Gasteiger partial charge >= 0.3 is 5.97 Å². The van der Waals surface area contributed by atoms with Gasteiger partial charge in [-0.25, -0.2) is 13.2 Å². The number of piperidine rings is 1. The predicted molar refractivity (Wildman–Crippen MR) is 80.5 cm³/mol. The summed E-state index contributed by atoms with van der Waals surface area (Å²) in [7, 11) is -3.40. The molecule has 1 aliphatic rings. The summed E-state index contributed by atoms with van der Waals surface area (Å²) in [4.78, 5) is 25.2. The average Bonchev–Trinajstić information content (AvgIpc) is 2.54. The van der Waals surface area contributed by atoms with Crippen LogP contribution in [0.1, 0.15) is 36.5 Å².